The fraction of sp³-hybridized carbons (Fsp3) is 0.917. The number of morpholine rings is 1. The van der Waals surface area contributed by atoms with Gasteiger partial charge in [0.1, 0.15) is 0 Å². The Morgan fingerprint density at radius 3 is 2.94 bits per heavy atom. The highest BCUT2D eigenvalue weighted by Gasteiger charge is 2.36. The van der Waals surface area contributed by atoms with Crippen LogP contribution in [0.25, 0.3) is 0 Å². The first-order valence-corrected chi connectivity index (χ1v) is 6.48. The lowest BCUT2D eigenvalue weighted by molar-refractivity contribution is -0.133. The fourth-order valence-corrected chi connectivity index (χ4v) is 2.60. The zero-order chi connectivity index (χ0) is 12.4. The fourth-order valence-electron chi connectivity index (χ4n) is 2.60. The lowest BCUT2D eigenvalue weighted by atomic mass is 10.2. The average molecular weight is 241 g/mol. The van der Waals surface area contributed by atoms with E-state index in [4.69, 9.17) is 4.74 Å². The van der Waals surface area contributed by atoms with Crippen LogP contribution in [0.4, 0.5) is 0 Å². The Kier molecular flexibility index (Phi) is 4.01. The predicted octanol–water partition coefficient (Wildman–Crippen LogP) is -0.127. The molecule has 2 fully saturated rings. The van der Waals surface area contributed by atoms with Crippen molar-refractivity contribution < 1.29 is 9.53 Å². The van der Waals surface area contributed by atoms with Gasteiger partial charge in [0.2, 0.25) is 5.91 Å². The van der Waals surface area contributed by atoms with Crippen molar-refractivity contribution in [1.29, 1.82) is 0 Å². The van der Waals surface area contributed by atoms with Crippen molar-refractivity contribution in [3.05, 3.63) is 0 Å². The summed E-state index contributed by atoms with van der Waals surface area (Å²) < 4.78 is 5.72. The Labute approximate surface area is 103 Å². The number of hydrogen-bond donors (Lipinski definition) is 1. The maximum absolute atomic E-state index is 12.0. The topological polar surface area (TPSA) is 44.8 Å². The van der Waals surface area contributed by atoms with Crippen LogP contribution >= 0.6 is 0 Å². The molecule has 0 aromatic carbocycles. The number of nitrogens with zero attached hydrogens (tertiary/aromatic N) is 2. The molecule has 0 spiro atoms. The number of ether oxygens (including phenoxy) is 1. The van der Waals surface area contributed by atoms with E-state index in [1.807, 2.05) is 11.8 Å². The molecule has 2 saturated heterocycles. The maximum Gasteiger partial charge on any atom is 0.240 e. The van der Waals surface area contributed by atoms with Crippen LogP contribution in [0.1, 0.15) is 20.3 Å². The van der Waals surface area contributed by atoms with Gasteiger partial charge in [-0.2, -0.15) is 0 Å². The van der Waals surface area contributed by atoms with Crippen molar-refractivity contribution in [1.82, 2.24) is 15.1 Å². The average Bonchev–Trinajstić information content (AvgIpc) is 2.57. The van der Waals surface area contributed by atoms with Gasteiger partial charge in [-0.1, -0.05) is 6.92 Å². The van der Waals surface area contributed by atoms with E-state index in [2.05, 4.69) is 24.2 Å². The molecule has 3 unspecified atom stereocenters. The molecule has 0 aromatic rings. The smallest absolute Gasteiger partial charge is 0.240 e. The van der Waals surface area contributed by atoms with Crippen LogP contribution in [-0.2, 0) is 9.53 Å². The molecule has 0 radical (unpaired) electrons. The number of hydrogen-bond acceptors (Lipinski definition) is 4. The predicted molar refractivity (Wildman–Crippen MR) is 65.6 cm³/mol. The first-order chi connectivity index (χ1) is 8.11. The largest absolute Gasteiger partial charge is 0.374 e. The summed E-state index contributed by atoms with van der Waals surface area (Å²) in [6.45, 7) is 7.40. The number of carbonyl (C=O) groups excluding carboxylic acids is 1. The quantitative estimate of drug-likeness (QED) is 0.748. The van der Waals surface area contributed by atoms with E-state index < -0.39 is 0 Å². The normalized spacial score (nSPS) is 35.6. The molecule has 2 aliphatic heterocycles. The van der Waals surface area contributed by atoms with Crippen LogP contribution in [0, 0.1) is 0 Å². The molecule has 1 amide bonds. The first-order valence-electron chi connectivity index (χ1n) is 6.48. The van der Waals surface area contributed by atoms with Gasteiger partial charge in [0.15, 0.2) is 0 Å². The van der Waals surface area contributed by atoms with Gasteiger partial charge in [0.05, 0.1) is 24.9 Å². The summed E-state index contributed by atoms with van der Waals surface area (Å²) in [6.07, 6.45) is 1.27. The minimum absolute atomic E-state index is 0.0544. The van der Waals surface area contributed by atoms with E-state index in [1.54, 1.807) is 0 Å². The van der Waals surface area contributed by atoms with Crippen LogP contribution in [0.15, 0.2) is 0 Å². The molecular formula is C12H23N3O2. The second-order valence-electron chi connectivity index (χ2n) is 5.06. The van der Waals surface area contributed by atoms with E-state index >= 15 is 0 Å². The van der Waals surface area contributed by atoms with Crippen LogP contribution in [0.5, 0.6) is 0 Å². The number of rotatable bonds is 3. The van der Waals surface area contributed by atoms with Gasteiger partial charge >= 0.3 is 0 Å². The van der Waals surface area contributed by atoms with Gasteiger partial charge in [-0.05, 0) is 20.4 Å². The standard InChI is InChI=1S/C12H23N3O2/c1-4-11-13-9(2)12(16)15(11)8-10-7-14(3)5-6-17-10/h9-11,13H,4-8H2,1-3H3. The molecule has 1 N–H and O–H groups in total. The van der Waals surface area contributed by atoms with Crippen LogP contribution in [-0.4, -0.2) is 67.3 Å². The van der Waals surface area contributed by atoms with Crippen molar-refractivity contribution in [2.24, 2.45) is 0 Å². The summed E-state index contributed by atoms with van der Waals surface area (Å²) in [6, 6.07) is -0.0544. The highest BCUT2D eigenvalue weighted by molar-refractivity contribution is 5.83. The Bertz CT molecular complexity index is 285. The van der Waals surface area contributed by atoms with E-state index in [0.717, 1.165) is 26.1 Å². The van der Waals surface area contributed by atoms with E-state index in [-0.39, 0.29) is 24.2 Å². The molecule has 98 valence electrons. The number of carbonyl (C=O) groups is 1. The van der Waals surface area contributed by atoms with E-state index in [0.29, 0.717) is 6.54 Å². The molecule has 5 heteroatoms. The van der Waals surface area contributed by atoms with Crippen molar-refractivity contribution in [3.63, 3.8) is 0 Å². The van der Waals surface area contributed by atoms with Gasteiger partial charge in [-0.15, -0.1) is 0 Å². The van der Waals surface area contributed by atoms with Gasteiger partial charge in [0.25, 0.3) is 0 Å². The number of nitrogens with one attached hydrogen (secondary N) is 1. The molecule has 5 nitrogen and oxygen atoms in total. The lowest BCUT2D eigenvalue weighted by Gasteiger charge is -2.34. The highest BCUT2D eigenvalue weighted by atomic mass is 16.5. The van der Waals surface area contributed by atoms with Gasteiger partial charge in [0, 0.05) is 19.6 Å². The van der Waals surface area contributed by atoms with Crippen LogP contribution in [0.2, 0.25) is 0 Å². The molecule has 0 bridgehead atoms. The molecule has 3 atom stereocenters. The molecule has 2 heterocycles. The summed E-state index contributed by atoms with van der Waals surface area (Å²) in [5.41, 5.74) is 0. The van der Waals surface area contributed by atoms with Crippen LogP contribution in [0.3, 0.4) is 0 Å². The SMILES string of the molecule is CCC1NC(C)C(=O)N1CC1CN(C)CCO1. The van der Waals surface area contributed by atoms with E-state index in [1.165, 1.54) is 0 Å². The summed E-state index contributed by atoms with van der Waals surface area (Å²) in [5.74, 6) is 0.202. The summed E-state index contributed by atoms with van der Waals surface area (Å²) in [7, 11) is 2.10. The third-order valence-corrected chi connectivity index (χ3v) is 3.60. The first kappa shape index (κ1) is 12.8. The number of amides is 1. The molecule has 2 rings (SSSR count). The molecule has 17 heavy (non-hydrogen) atoms. The third kappa shape index (κ3) is 2.78. The highest BCUT2D eigenvalue weighted by Crippen LogP contribution is 2.16. The molecule has 2 aliphatic rings. The second kappa shape index (κ2) is 5.33. The van der Waals surface area contributed by atoms with E-state index in [9.17, 15) is 4.79 Å². The zero-order valence-corrected chi connectivity index (χ0v) is 11.0. The minimum atomic E-state index is -0.0544. The molecule has 0 saturated carbocycles. The summed E-state index contributed by atoms with van der Waals surface area (Å²) in [4.78, 5) is 16.2. The number of likely N-dealkylation sites (N-methyl/N-ethyl adjacent to an activating group) is 1. The third-order valence-electron chi connectivity index (χ3n) is 3.60. The van der Waals surface area contributed by atoms with Gasteiger partial charge in [-0.3, -0.25) is 10.1 Å². The van der Waals surface area contributed by atoms with Crippen LogP contribution < -0.4 is 5.32 Å². The Morgan fingerprint density at radius 1 is 1.53 bits per heavy atom. The molecule has 0 aromatic heterocycles. The zero-order valence-electron chi connectivity index (χ0n) is 11.0. The van der Waals surface area contributed by atoms with Crippen molar-refractivity contribution in [2.45, 2.75) is 38.6 Å². The Morgan fingerprint density at radius 2 is 2.29 bits per heavy atom. The second-order valence-corrected chi connectivity index (χ2v) is 5.06. The maximum atomic E-state index is 12.0. The van der Waals surface area contributed by atoms with Gasteiger partial charge in [-0.25, -0.2) is 0 Å². The van der Waals surface area contributed by atoms with Crippen molar-refractivity contribution in [3.8, 4) is 0 Å². The van der Waals surface area contributed by atoms with Gasteiger partial charge < -0.3 is 14.5 Å². The monoisotopic (exact) mass is 241 g/mol. The lowest BCUT2D eigenvalue weighted by Crippen LogP contribution is -2.49. The van der Waals surface area contributed by atoms with Crippen molar-refractivity contribution >= 4 is 5.91 Å². The van der Waals surface area contributed by atoms with Crippen molar-refractivity contribution in [2.75, 3.05) is 33.3 Å². The Hall–Kier alpha value is -0.650. The molecular weight excluding hydrogens is 218 g/mol. The Balaban J connectivity index is 1.94. The summed E-state index contributed by atoms with van der Waals surface area (Å²) >= 11 is 0. The minimum Gasteiger partial charge on any atom is -0.374 e. The summed E-state index contributed by atoms with van der Waals surface area (Å²) in [5, 5.41) is 3.31. The molecule has 0 aliphatic carbocycles.